The summed E-state index contributed by atoms with van der Waals surface area (Å²) in [5.74, 6) is -0.139. The molecule has 0 radical (unpaired) electrons. The number of nitrogens with one attached hydrogen (secondary N) is 1. The van der Waals surface area contributed by atoms with E-state index in [0.717, 1.165) is 27.7 Å². The van der Waals surface area contributed by atoms with Crippen molar-refractivity contribution in [2.75, 3.05) is 4.90 Å². The fraction of sp³-hybridized carbons (Fsp3) is 0.120. The molecule has 0 saturated heterocycles. The molecule has 0 saturated carbocycles. The van der Waals surface area contributed by atoms with Crippen molar-refractivity contribution in [2.45, 2.75) is 20.4 Å². The molecule has 4 heteroatoms. The highest BCUT2D eigenvalue weighted by Gasteiger charge is 2.20. The number of aromatic amines is 1. The highest BCUT2D eigenvalue weighted by Crippen LogP contribution is 2.22. The number of nitrogens with zero attached hydrogens (tertiary/aromatic N) is 1. The molecular formula is C25H22N2O2. The van der Waals surface area contributed by atoms with Crippen LogP contribution in [0.25, 0.3) is 10.9 Å². The first kappa shape index (κ1) is 18.7. The lowest BCUT2D eigenvalue weighted by molar-refractivity contribution is 0.0985. The zero-order valence-electron chi connectivity index (χ0n) is 16.5. The predicted octanol–water partition coefficient (Wildman–Crippen LogP) is 4.99. The van der Waals surface area contributed by atoms with Crippen LogP contribution in [0.5, 0.6) is 0 Å². The lowest BCUT2D eigenvalue weighted by Gasteiger charge is -2.23. The summed E-state index contributed by atoms with van der Waals surface area (Å²) in [5.41, 5.74) is 4.66. The normalized spacial score (nSPS) is 10.8. The monoisotopic (exact) mass is 382 g/mol. The van der Waals surface area contributed by atoms with Crippen molar-refractivity contribution in [3.05, 3.63) is 111 Å². The minimum absolute atomic E-state index is 0.139. The number of carbonyl (C=O) groups is 1. The summed E-state index contributed by atoms with van der Waals surface area (Å²) in [4.78, 5) is 30.7. The van der Waals surface area contributed by atoms with Gasteiger partial charge in [0.05, 0.1) is 6.54 Å². The van der Waals surface area contributed by atoms with Gasteiger partial charge in [-0.05, 0) is 66.8 Å². The average molecular weight is 382 g/mol. The summed E-state index contributed by atoms with van der Waals surface area (Å²) >= 11 is 0. The van der Waals surface area contributed by atoms with Gasteiger partial charge >= 0.3 is 0 Å². The van der Waals surface area contributed by atoms with Crippen LogP contribution < -0.4 is 10.5 Å². The molecule has 144 valence electrons. The molecule has 4 aromatic rings. The van der Waals surface area contributed by atoms with Crippen LogP contribution in [0.2, 0.25) is 0 Å². The van der Waals surface area contributed by atoms with Crippen molar-refractivity contribution in [3.8, 4) is 0 Å². The standard InChI is InChI=1S/C25H22N2O2/c1-17-7-6-10-22(13-17)27(25(29)19-8-4-3-5-9-19)16-21-15-20-12-11-18(2)14-23(20)26-24(21)28/h3-15H,16H2,1-2H3,(H,26,28). The minimum atomic E-state index is -0.179. The SMILES string of the molecule is Cc1cccc(N(Cc2cc3ccc(C)cc3[nH]c2=O)C(=O)c2ccccc2)c1. The molecule has 0 atom stereocenters. The summed E-state index contributed by atoms with van der Waals surface area (Å²) in [6, 6.07) is 24.7. The summed E-state index contributed by atoms with van der Waals surface area (Å²) in [6.07, 6.45) is 0. The second kappa shape index (κ2) is 7.76. The molecule has 29 heavy (non-hydrogen) atoms. The van der Waals surface area contributed by atoms with Crippen LogP contribution in [0.4, 0.5) is 5.69 Å². The number of hydrogen-bond acceptors (Lipinski definition) is 2. The predicted molar refractivity (Wildman–Crippen MR) is 117 cm³/mol. The topological polar surface area (TPSA) is 53.2 Å². The molecule has 0 aliphatic rings. The third-order valence-electron chi connectivity index (χ3n) is 4.99. The number of amides is 1. The van der Waals surface area contributed by atoms with Gasteiger partial charge in [0, 0.05) is 22.3 Å². The number of aryl methyl sites for hydroxylation is 2. The molecule has 1 aromatic heterocycles. The first-order chi connectivity index (χ1) is 14.0. The lowest BCUT2D eigenvalue weighted by Crippen LogP contribution is -2.32. The van der Waals surface area contributed by atoms with Crippen LogP contribution in [0.1, 0.15) is 27.0 Å². The Morgan fingerprint density at radius 3 is 2.38 bits per heavy atom. The molecule has 1 heterocycles. The molecule has 0 unspecified atom stereocenters. The van der Waals surface area contributed by atoms with Gasteiger partial charge in [-0.2, -0.15) is 0 Å². The quantitative estimate of drug-likeness (QED) is 0.540. The Morgan fingerprint density at radius 2 is 1.62 bits per heavy atom. The van der Waals surface area contributed by atoms with Crippen LogP contribution in [-0.2, 0) is 6.54 Å². The summed E-state index contributed by atoms with van der Waals surface area (Å²) in [5, 5.41) is 0.946. The Kier molecular flexibility index (Phi) is 5.00. The van der Waals surface area contributed by atoms with Crippen molar-refractivity contribution >= 4 is 22.5 Å². The number of rotatable bonds is 4. The van der Waals surface area contributed by atoms with E-state index < -0.39 is 0 Å². The zero-order chi connectivity index (χ0) is 20.4. The van der Waals surface area contributed by atoms with Gasteiger partial charge in [0.15, 0.2) is 0 Å². The fourth-order valence-electron chi connectivity index (χ4n) is 3.46. The maximum atomic E-state index is 13.3. The van der Waals surface area contributed by atoms with E-state index in [9.17, 15) is 9.59 Å². The fourth-order valence-corrected chi connectivity index (χ4v) is 3.46. The van der Waals surface area contributed by atoms with Gasteiger partial charge in [-0.15, -0.1) is 0 Å². The number of benzene rings is 3. The second-order valence-corrected chi connectivity index (χ2v) is 7.31. The van der Waals surface area contributed by atoms with Crippen molar-refractivity contribution in [2.24, 2.45) is 0 Å². The van der Waals surface area contributed by atoms with Gasteiger partial charge in [-0.1, -0.05) is 42.5 Å². The van der Waals surface area contributed by atoms with Crippen LogP contribution >= 0.6 is 0 Å². The van der Waals surface area contributed by atoms with Gasteiger partial charge in [0.25, 0.3) is 11.5 Å². The molecule has 3 aromatic carbocycles. The highest BCUT2D eigenvalue weighted by atomic mass is 16.2. The molecular weight excluding hydrogens is 360 g/mol. The first-order valence-corrected chi connectivity index (χ1v) is 9.57. The smallest absolute Gasteiger partial charge is 0.258 e. The molecule has 4 nitrogen and oxygen atoms in total. The Labute approximate surface area is 169 Å². The van der Waals surface area contributed by atoms with E-state index in [2.05, 4.69) is 4.98 Å². The molecule has 0 aliphatic carbocycles. The molecule has 4 rings (SSSR count). The number of carbonyl (C=O) groups excluding carboxylic acids is 1. The van der Waals surface area contributed by atoms with Crippen LogP contribution in [0, 0.1) is 13.8 Å². The largest absolute Gasteiger partial charge is 0.322 e. The van der Waals surface area contributed by atoms with E-state index in [1.807, 2.05) is 80.6 Å². The minimum Gasteiger partial charge on any atom is -0.322 e. The molecule has 1 amide bonds. The Bertz CT molecular complexity index is 1240. The Morgan fingerprint density at radius 1 is 0.862 bits per heavy atom. The van der Waals surface area contributed by atoms with Crippen molar-refractivity contribution in [1.29, 1.82) is 0 Å². The van der Waals surface area contributed by atoms with E-state index in [0.29, 0.717) is 11.1 Å². The van der Waals surface area contributed by atoms with Crippen molar-refractivity contribution in [3.63, 3.8) is 0 Å². The zero-order valence-corrected chi connectivity index (χ0v) is 16.5. The van der Waals surface area contributed by atoms with E-state index in [1.54, 1.807) is 17.0 Å². The van der Waals surface area contributed by atoms with Gasteiger partial charge in [0.1, 0.15) is 0 Å². The van der Waals surface area contributed by atoms with Crippen LogP contribution in [-0.4, -0.2) is 10.9 Å². The van der Waals surface area contributed by atoms with Crippen LogP contribution in [0.3, 0.4) is 0 Å². The van der Waals surface area contributed by atoms with Crippen molar-refractivity contribution < 1.29 is 4.79 Å². The first-order valence-electron chi connectivity index (χ1n) is 9.57. The Balaban J connectivity index is 1.79. The van der Waals surface area contributed by atoms with E-state index in [4.69, 9.17) is 0 Å². The van der Waals surface area contributed by atoms with Gasteiger partial charge in [-0.3, -0.25) is 9.59 Å². The molecule has 0 aliphatic heterocycles. The van der Waals surface area contributed by atoms with Gasteiger partial charge < -0.3 is 9.88 Å². The third kappa shape index (κ3) is 3.97. The number of fused-ring (bicyclic) bond motifs is 1. The summed E-state index contributed by atoms with van der Waals surface area (Å²) < 4.78 is 0. The lowest BCUT2D eigenvalue weighted by atomic mass is 10.1. The maximum absolute atomic E-state index is 13.3. The number of hydrogen-bond donors (Lipinski definition) is 1. The number of aromatic nitrogens is 1. The molecule has 0 bridgehead atoms. The number of H-pyrrole nitrogens is 1. The molecule has 0 fully saturated rings. The number of pyridine rings is 1. The van der Waals surface area contributed by atoms with Crippen LogP contribution in [0.15, 0.2) is 83.7 Å². The number of anilines is 1. The van der Waals surface area contributed by atoms with E-state index >= 15 is 0 Å². The average Bonchev–Trinajstić information content (AvgIpc) is 2.72. The van der Waals surface area contributed by atoms with Crippen molar-refractivity contribution in [1.82, 2.24) is 4.98 Å². The highest BCUT2D eigenvalue weighted by molar-refractivity contribution is 6.06. The van der Waals surface area contributed by atoms with E-state index in [1.165, 1.54) is 0 Å². The third-order valence-corrected chi connectivity index (χ3v) is 4.99. The van der Waals surface area contributed by atoms with E-state index in [-0.39, 0.29) is 18.0 Å². The second-order valence-electron chi connectivity index (χ2n) is 7.31. The Hall–Kier alpha value is -3.66. The van der Waals surface area contributed by atoms with Gasteiger partial charge in [-0.25, -0.2) is 0 Å². The summed E-state index contributed by atoms with van der Waals surface area (Å²) in [6.45, 7) is 4.17. The molecule has 0 spiro atoms. The summed E-state index contributed by atoms with van der Waals surface area (Å²) in [7, 11) is 0. The molecule has 1 N–H and O–H groups in total. The van der Waals surface area contributed by atoms with Gasteiger partial charge in [0.2, 0.25) is 0 Å². The maximum Gasteiger partial charge on any atom is 0.258 e.